The molecular formula is C11H16O5S. The first kappa shape index (κ1) is 14.0. The van der Waals surface area contributed by atoms with Gasteiger partial charge in [0, 0.05) is 0 Å². The molecule has 1 unspecified atom stereocenters. The number of aliphatic hydroxyl groups is 1. The quantitative estimate of drug-likeness (QED) is 0.778. The van der Waals surface area contributed by atoms with E-state index in [-0.39, 0.29) is 6.42 Å². The van der Waals surface area contributed by atoms with Crippen LogP contribution in [0.25, 0.3) is 0 Å². The lowest BCUT2D eigenvalue weighted by Gasteiger charge is -2.19. The van der Waals surface area contributed by atoms with Gasteiger partial charge in [-0.15, -0.1) is 0 Å². The molecular weight excluding hydrogens is 244 g/mol. The highest BCUT2D eigenvalue weighted by Crippen LogP contribution is 2.20. The lowest BCUT2D eigenvalue weighted by Crippen LogP contribution is -2.35. The lowest BCUT2D eigenvalue weighted by molar-refractivity contribution is 0.123. The first-order valence-corrected chi connectivity index (χ1v) is 6.52. The average molecular weight is 260 g/mol. The maximum atomic E-state index is 10.9. The third-order valence-electron chi connectivity index (χ3n) is 2.59. The Morgan fingerprint density at radius 1 is 1.29 bits per heavy atom. The SMILES string of the molecule is COc1ccc(CCC(C)(O)S(=O)(=O)O)cc1. The predicted octanol–water partition coefficient (Wildman–Crippen LogP) is 1.22. The van der Waals surface area contributed by atoms with E-state index in [9.17, 15) is 13.5 Å². The molecule has 0 heterocycles. The van der Waals surface area contributed by atoms with Gasteiger partial charge in [-0.25, -0.2) is 0 Å². The van der Waals surface area contributed by atoms with Gasteiger partial charge < -0.3 is 9.84 Å². The topological polar surface area (TPSA) is 83.8 Å². The van der Waals surface area contributed by atoms with Gasteiger partial charge in [0.1, 0.15) is 5.75 Å². The van der Waals surface area contributed by atoms with Crippen molar-refractivity contribution in [3.63, 3.8) is 0 Å². The molecule has 0 bridgehead atoms. The molecule has 1 rings (SSSR count). The van der Waals surface area contributed by atoms with Gasteiger partial charge in [0.05, 0.1) is 7.11 Å². The molecule has 2 N–H and O–H groups in total. The van der Waals surface area contributed by atoms with Gasteiger partial charge in [-0.2, -0.15) is 8.42 Å². The van der Waals surface area contributed by atoms with Crippen molar-refractivity contribution in [3.05, 3.63) is 29.8 Å². The van der Waals surface area contributed by atoms with Crippen LogP contribution in [-0.2, 0) is 16.5 Å². The number of rotatable bonds is 5. The minimum Gasteiger partial charge on any atom is -0.497 e. The predicted molar refractivity (Wildman–Crippen MR) is 63.5 cm³/mol. The normalized spacial score (nSPS) is 15.3. The highest BCUT2D eigenvalue weighted by atomic mass is 32.2. The Balaban J connectivity index is 2.67. The fraction of sp³-hybridized carbons (Fsp3) is 0.455. The third kappa shape index (κ3) is 3.69. The van der Waals surface area contributed by atoms with Crippen LogP contribution in [0.15, 0.2) is 24.3 Å². The fourth-order valence-corrected chi connectivity index (χ4v) is 1.66. The summed E-state index contributed by atoms with van der Waals surface area (Å²) in [5.41, 5.74) is 0.856. The van der Waals surface area contributed by atoms with Crippen molar-refractivity contribution in [3.8, 4) is 5.75 Å². The smallest absolute Gasteiger partial charge is 0.294 e. The zero-order valence-electron chi connectivity index (χ0n) is 9.75. The molecule has 6 heteroatoms. The van der Waals surface area contributed by atoms with Crippen molar-refractivity contribution in [2.45, 2.75) is 24.7 Å². The van der Waals surface area contributed by atoms with Gasteiger partial charge in [0.15, 0.2) is 4.93 Å². The second-order valence-electron chi connectivity index (χ2n) is 4.00. The molecule has 1 aromatic carbocycles. The van der Waals surface area contributed by atoms with E-state index in [1.165, 1.54) is 0 Å². The van der Waals surface area contributed by atoms with Crippen LogP contribution in [0.1, 0.15) is 18.9 Å². The van der Waals surface area contributed by atoms with Crippen LogP contribution < -0.4 is 4.74 Å². The van der Waals surface area contributed by atoms with E-state index in [2.05, 4.69) is 0 Å². The fourth-order valence-electron chi connectivity index (χ4n) is 1.30. The van der Waals surface area contributed by atoms with Crippen LogP contribution in [-0.4, -0.2) is 30.1 Å². The van der Waals surface area contributed by atoms with Gasteiger partial charge >= 0.3 is 0 Å². The summed E-state index contributed by atoms with van der Waals surface area (Å²) in [6, 6.07) is 7.05. The monoisotopic (exact) mass is 260 g/mol. The van der Waals surface area contributed by atoms with E-state index < -0.39 is 15.1 Å². The van der Waals surface area contributed by atoms with Crippen LogP contribution in [0.3, 0.4) is 0 Å². The van der Waals surface area contributed by atoms with Crippen molar-refractivity contribution >= 4 is 10.1 Å². The van der Waals surface area contributed by atoms with Gasteiger partial charge in [0.25, 0.3) is 10.1 Å². The molecule has 0 fully saturated rings. The summed E-state index contributed by atoms with van der Waals surface area (Å²) < 4.78 is 35.5. The number of hydrogen-bond donors (Lipinski definition) is 2. The Labute approximate surface area is 101 Å². The zero-order valence-corrected chi connectivity index (χ0v) is 10.6. The number of methoxy groups -OCH3 is 1. The van der Waals surface area contributed by atoms with Gasteiger partial charge in [-0.05, 0) is 37.5 Å². The molecule has 17 heavy (non-hydrogen) atoms. The van der Waals surface area contributed by atoms with E-state index in [1.54, 1.807) is 31.4 Å². The molecule has 0 amide bonds. The summed E-state index contributed by atoms with van der Waals surface area (Å²) in [5, 5.41) is 9.55. The number of benzene rings is 1. The van der Waals surface area contributed by atoms with Crippen molar-refractivity contribution < 1.29 is 22.8 Å². The molecule has 0 saturated heterocycles. The molecule has 0 radical (unpaired) electrons. The Bertz CT molecular complexity index is 461. The maximum absolute atomic E-state index is 10.9. The molecule has 1 aromatic rings. The van der Waals surface area contributed by atoms with E-state index in [4.69, 9.17) is 9.29 Å². The summed E-state index contributed by atoms with van der Waals surface area (Å²) in [6.45, 7) is 1.08. The maximum Gasteiger partial charge on any atom is 0.294 e. The van der Waals surface area contributed by atoms with Crippen LogP contribution in [0.4, 0.5) is 0 Å². The summed E-state index contributed by atoms with van der Waals surface area (Å²) in [4.78, 5) is -2.12. The average Bonchev–Trinajstić information content (AvgIpc) is 2.25. The highest BCUT2D eigenvalue weighted by molar-refractivity contribution is 7.87. The Morgan fingerprint density at radius 2 is 1.82 bits per heavy atom. The van der Waals surface area contributed by atoms with Gasteiger partial charge in [0.2, 0.25) is 0 Å². The Hall–Kier alpha value is -1.11. The van der Waals surface area contributed by atoms with Crippen molar-refractivity contribution in [2.75, 3.05) is 7.11 Å². The second-order valence-corrected chi connectivity index (χ2v) is 5.83. The summed E-state index contributed by atoms with van der Waals surface area (Å²) in [6.07, 6.45) is 0.273. The molecule has 96 valence electrons. The molecule has 0 aliphatic rings. The van der Waals surface area contributed by atoms with Gasteiger partial charge in [-0.1, -0.05) is 12.1 Å². The second kappa shape index (κ2) is 5.03. The Kier molecular flexibility index (Phi) is 4.13. The van der Waals surface area contributed by atoms with Crippen molar-refractivity contribution in [2.24, 2.45) is 0 Å². The van der Waals surface area contributed by atoms with E-state index in [0.717, 1.165) is 12.5 Å². The van der Waals surface area contributed by atoms with Gasteiger partial charge in [-0.3, -0.25) is 4.55 Å². The molecule has 0 spiro atoms. The van der Waals surface area contributed by atoms with Crippen LogP contribution in [0.2, 0.25) is 0 Å². The van der Waals surface area contributed by atoms with Crippen LogP contribution in [0.5, 0.6) is 5.75 Å². The van der Waals surface area contributed by atoms with Crippen molar-refractivity contribution in [1.29, 1.82) is 0 Å². The molecule has 0 aliphatic carbocycles. The number of ether oxygens (including phenoxy) is 1. The zero-order chi connectivity index (χ0) is 13.1. The third-order valence-corrected chi connectivity index (χ3v) is 3.91. The molecule has 1 atom stereocenters. The highest BCUT2D eigenvalue weighted by Gasteiger charge is 2.34. The van der Waals surface area contributed by atoms with Crippen LogP contribution >= 0.6 is 0 Å². The van der Waals surface area contributed by atoms with E-state index in [0.29, 0.717) is 12.2 Å². The summed E-state index contributed by atoms with van der Waals surface area (Å²) in [7, 11) is -2.90. The largest absolute Gasteiger partial charge is 0.497 e. The van der Waals surface area contributed by atoms with E-state index in [1.807, 2.05) is 0 Å². The molecule has 0 aromatic heterocycles. The standard InChI is InChI=1S/C11H16O5S/c1-11(12,17(13,14)15)8-7-9-3-5-10(16-2)6-4-9/h3-6,12H,7-8H2,1-2H3,(H,13,14,15). The summed E-state index contributed by atoms with van der Waals surface area (Å²) in [5.74, 6) is 0.704. The lowest BCUT2D eigenvalue weighted by atomic mass is 10.1. The first-order valence-electron chi connectivity index (χ1n) is 5.08. The van der Waals surface area contributed by atoms with E-state index >= 15 is 0 Å². The minimum atomic E-state index is -4.45. The molecule has 0 saturated carbocycles. The molecule has 0 aliphatic heterocycles. The van der Waals surface area contributed by atoms with Crippen molar-refractivity contribution in [1.82, 2.24) is 0 Å². The number of aryl methyl sites for hydroxylation is 1. The number of hydrogen-bond acceptors (Lipinski definition) is 4. The first-order chi connectivity index (χ1) is 7.76. The minimum absolute atomic E-state index is 0.0713. The Morgan fingerprint density at radius 3 is 2.24 bits per heavy atom. The summed E-state index contributed by atoms with van der Waals surface area (Å²) >= 11 is 0. The molecule has 5 nitrogen and oxygen atoms in total. The van der Waals surface area contributed by atoms with Crippen LogP contribution in [0, 0.1) is 0 Å².